The van der Waals surface area contributed by atoms with Gasteiger partial charge < -0.3 is 35.5 Å². The number of phenolic OH excluding ortho intramolecular Hbond substituents is 2. The normalized spacial score (nSPS) is 11.5. The second-order valence-electron chi connectivity index (χ2n) is 16.3. The summed E-state index contributed by atoms with van der Waals surface area (Å²) in [5.41, 5.74) is 2.64. The number of carbonyl (C=O) groups excluding carboxylic acids is 4. The number of pyridine rings is 1. The molecule has 1 saturated heterocycles. The van der Waals surface area contributed by atoms with Gasteiger partial charge in [0.25, 0.3) is 55.2 Å². The Bertz CT molecular complexity index is 3950. The number of phenols is 2. The van der Waals surface area contributed by atoms with E-state index in [0.717, 1.165) is 22.5 Å². The summed E-state index contributed by atoms with van der Waals surface area (Å²) < 4.78 is 59.4. The minimum atomic E-state index is -4.02. The third-order valence-electron chi connectivity index (χ3n) is 9.74. The van der Waals surface area contributed by atoms with E-state index >= 15 is 0 Å². The van der Waals surface area contributed by atoms with Gasteiger partial charge in [0.05, 0.1) is 56.0 Å². The molecule has 0 unspecified atom stereocenters. The molecule has 4 aromatic heterocycles. The number of hydroxylamine groups is 4. The van der Waals surface area contributed by atoms with Gasteiger partial charge in [0, 0.05) is 49.6 Å². The second-order valence-corrected chi connectivity index (χ2v) is 19.2. The highest BCUT2D eigenvalue weighted by Crippen LogP contribution is 2.29. The Morgan fingerprint density at radius 1 is 0.656 bits per heavy atom. The summed E-state index contributed by atoms with van der Waals surface area (Å²) in [6.45, 7) is 3.69. The van der Waals surface area contributed by atoms with Crippen LogP contribution in [0.25, 0.3) is 22.2 Å². The highest BCUT2D eigenvalue weighted by atomic mass is 32.2. The van der Waals surface area contributed by atoms with Gasteiger partial charge >= 0.3 is 11.8 Å². The number of ether oxygens (including phenoxy) is 1. The molecule has 478 valence electrons. The fraction of sp³-hybridized carbons (Fsp3) is 0.122. The van der Waals surface area contributed by atoms with Crippen molar-refractivity contribution in [2.24, 2.45) is 0 Å². The molecule has 0 spiro atoms. The van der Waals surface area contributed by atoms with Gasteiger partial charge in [0.2, 0.25) is 5.65 Å². The van der Waals surface area contributed by atoms with Crippen molar-refractivity contribution in [2.45, 2.75) is 31.6 Å². The summed E-state index contributed by atoms with van der Waals surface area (Å²) in [6, 6.07) is 30.6. The Labute approximate surface area is 503 Å². The predicted molar refractivity (Wildman–Crippen MR) is 302 cm³/mol. The second kappa shape index (κ2) is 36.1. The Hall–Kier alpha value is -12.1. The maximum Gasteiger partial charge on any atom is 0.505 e. The molecule has 2 aliphatic heterocycles. The van der Waals surface area contributed by atoms with Crippen molar-refractivity contribution in [3.8, 4) is 11.5 Å². The molecule has 5 aromatic carbocycles. The number of imide groups is 2. The maximum atomic E-state index is 11.1. The van der Waals surface area contributed by atoms with Crippen molar-refractivity contribution in [3.63, 3.8) is 0 Å². The van der Waals surface area contributed by atoms with E-state index in [1.54, 1.807) is 80.4 Å². The molecule has 0 radical (unpaired) electrons. The highest BCUT2D eigenvalue weighted by molar-refractivity contribution is 7.85. The van der Waals surface area contributed by atoms with E-state index < -0.39 is 81.9 Å². The van der Waals surface area contributed by atoms with Gasteiger partial charge in [-0.15, -0.1) is 15.3 Å². The molecule has 10 N–H and O–H groups in total. The van der Waals surface area contributed by atoms with Gasteiger partial charge in [-0.25, -0.2) is 14.8 Å². The van der Waals surface area contributed by atoms with Gasteiger partial charge in [-0.1, -0.05) is 51.7 Å². The van der Waals surface area contributed by atoms with Crippen LogP contribution >= 0.6 is 0 Å². The summed E-state index contributed by atoms with van der Waals surface area (Å²) in [5, 5.41) is 105. The minimum absolute atomic E-state index is 0.0159. The Kier molecular flexibility index (Phi) is 29.7. The SMILES string of the molecule is CCOC(=O)O.CS(=O)(=O)O.Cc1ccc(S(=O)(=O)O)cc1.O=C1CCC(=O)N1O.O=C1c2ccccc2C(=O)N1O.O=[N+]([O-])c1ccc(O)c([N+](=O)[O-])c1.O=[N+]([O-])c1ccc(O)cc1.On1nnc2ccccc21.On1nnc2cccnc21.c1c[nH]cn1. The molecule has 1 fully saturated rings. The van der Waals surface area contributed by atoms with E-state index in [4.69, 9.17) is 45.3 Å². The van der Waals surface area contributed by atoms with Crippen LogP contribution in [0.2, 0.25) is 0 Å². The first kappa shape index (κ1) is 74.1. The van der Waals surface area contributed by atoms with Crippen LogP contribution in [0.15, 0.2) is 157 Å². The highest BCUT2D eigenvalue weighted by Gasteiger charge is 2.34. The number of fused-ring (bicyclic) bond motifs is 3. The van der Waals surface area contributed by atoms with E-state index in [2.05, 4.69) is 40.3 Å². The number of imidazole rings is 1. The summed E-state index contributed by atoms with van der Waals surface area (Å²) >= 11 is 0. The number of carbonyl (C=O) groups is 5. The van der Waals surface area contributed by atoms with E-state index in [-0.39, 0.29) is 57.0 Å². The molecule has 4 amide bonds. The first-order valence-corrected chi connectivity index (χ1v) is 27.3. The number of rotatable bonds is 5. The first-order chi connectivity index (χ1) is 42.2. The molecule has 11 rings (SSSR count). The van der Waals surface area contributed by atoms with Crippen LogP contribution in [-0.4, -0.2) is 175 Å². The van der Waals surface area contributed by atoms with Crippen molar-refractivity contribution in [1.82, 2.24) is 55.4 Å². The maximum absolute atomic E-state index is 11.1. The minimum Gasteiger partial charge on any atom is -0.508 e. The zero-order valence-corrected chi connectivity index (χ0v) is 47.9. The number of para-hydroxylation sites is 1. The average molecular weight is 1300 g/mol. The van der Waals surface area contributed by atoms with Crippen LogP contribution in [0.1, 0.15) is 46.0 Å². The summed E-state index contributed by atoms with van der Waals surface area (Å²) in [7, 11) is -7.69. The van der Waals surface area contributed by atoms with E-state index in [0.29, 0.717) is 39.4 Å². The van der Waals surface area contributed by atoms with Gasteiger partial charge in [0.1, 0.15) is 22.3 Å². The van der Waals surface area contributed by atoms with Gasteiger partial charge in [-0.05, 0) is 91.0 Å². The van der Waals surface area contributed by atoms with Crippen LogP contribution in [0, 0.1) is 37.3 Å². The number of hydrogen-bond donors (Lipinski definition) is 10. The van der Waals surface area contributed by atoms with Crippen LogP contribution < -0.4 is 0 Å². The number of non-ortho nitro benzene ring substituents is 2. The molecular weight excluding hydrogens is 1250 g/mol. The number of carboxylic acid groups (broad SMARTS) is 1. The van der Waals surface area contributed by atoms with Crippen LogP contribution in [0.4, 0.5) is 21.9 Å². The largest absolute Gasteiger partial charge is 0.508 e. The topological polar surface area (TPSA) is 584 Å². The number of hydrogen-bond acceptors (Lipinski definition) is 28. The number of aryl methyl sites for hydroxylation is 1. The molecule has 0 aliphatic carbocycles. The third-order valence-corrected chi connectivity index (χ3v) is 10.6. The third kappa shape index (κ3) is 26.5. The molecule has 0 atom stereocenters. The lowest BCUT2D eigenvalue weighted by Gasteiger charge is -1.99. The molecule has 90 heavy (non-hydrogen) atoms. The molecule has 41 heteroatoms. The quantitative estimate of drug-likeness (QED) is 0.0199. The number of benzene rings is 5. The number of nitrogens with one attached hydrogen (secondary N) is 1. The van der Waals surface area contributed by atoms with E-state index in [9.17, 15) is 71.2 Å². The summed E-state index contributed by atoms with van der Waals surface area (Å²) in [4.78, 5) is 91.8. The van der Waals surface area contributed by atoms with Crippen molar-refractivity contribution >= 4 is 89.3 Å². The van der Waals surface area contributed by atoms with Crippen LogP contribution in [0.5, 0.6) is 11.5 Å². The summed E-state index contributed by atoms with van der Waals surface area (Å²) in [5.74, 6) is -2.88. The van der Waals surface area contributed by atoms with Gasteiger partial charge in [0.15, 0.2) is 5.75 Å². The van der Waals surface area contributed by atoms with Crippen LogP contribution in [0.3, 0.4) is 0 Å². The van der Waals surface area contributed by atoms with Gasteiger partial charge in [-0.3, -0.25) is 69.0 Å². The van der Waals surface area contributed by atoms with Gasteiger partial charge in [-0.2, -0.15) is 21.9 Å². The Balaban J connectivity index is 0.000000345. The predicted octanol–water partition coefficient (Wildman–Crippen LogP) is 5.29. The van der Waals surface area contributed by atoms with E-state index in [1.807, 2.05) is 19.1 Å². The Morgan fingerprint density at radius 2 is 1.16 bits per heavy atom. The number of aromatic amines is 1. The standard InChI is InChI=1S/C8H5NO3.C7H8O3S.C6H5N3O.C6H4N2O5.C6H5NO3.C5H4N4O.C4H5NO3.C3H4N2.C3H6O3.CH4O3S/c10-7-5-3-1-2-4-6(5)8(11)9(7)12;1-6-2-4-7(5-3-6)11(8,9)10;10-9-6-4-2-1-3-5(6)7-8-9;9-6-2-1-4(7(10)11)3-5(6)8(12)13;8-6-3-1-5(2-4-6)7(9)10;10-9-5-4(7-8-9)2-1-3-6-5;6-3-1-2-4(7)5(3)8;1-2-5-3-4-1;1-2-6-3(4)5;1-5(2,3)4/h1-4,12H;2-5H,1H3,(H,8,9,10);1-4,10H;1-3,9H;1-4,8H;1-3,10H;8H,1-2H2;1-3H,(H,4,5);2H2,1H3,(H,4,5);1H3,(H,2,3,4). The Morgan fingerprint density at radius 3 is 1.57 bits per heavy atom. The van der Waals surface area contributed by atoms with Crippen molar-refractivity contribution in [1.29, 1.82) is 0 Å². The lowest BCUT2D eigenvalue weighted by molar-refractivity contribution is -0.394. The average Bonchev–Trinajstić information content (AvgIpc) is 1.90. The molecule has 6 heterocycles. The number of nitro groups is 3. The van der Waals surface area contributed by atoms with Crippen molar-refractivity contribution < 1.29 is 106 Å². The molecule has 39 nitrogen and oxygen atoms in total. The fourth-order valence-electron chi connectivity index (χ4n) is 5.75. The lowest BCUT2D eigenvalue weighted by atomic mass is 10.1. The number of amides is 4. The van der Waals surface area contributed by atoms with E-state index in [1.165, 1.54) is 48.5 Å². The summed E-state index contributed by atoms with van der Waals surface area (Å²) in [6.07, 6.45) is 6.45. The number of nitrogens with zero attached hydrogens (tertiary/aromatic N) is 13. The van der Waals surface area contributed by atoms with Crippen LogP contribution in [-0.2, 0) is 34.6 Å². The lowest BCUT2D eigenvalue weighted by Crippen LogP contribution is -2.25. The monoisotopic (exact) mass is 1300 g/mol. The molecule has 0 bridgehead atoms. The zero-order chi connectivity index (χ0) is 67.9. The van der Waals surface area contributed by atoms with Crippen molar-refractivity contribution in [3.05, 3.63) is 199 Å². The zero-order valence-electron chi connectivity index (χ0n) is 46.2. The number of H-pyrrole nitrogens is 1. The number of aromatic hydroxyl groups is 2. The molecule has 2 aliphatic rings. The fourth-order valence-corrected chi connectivity index (χ4v) is 6.23. The van der Waals surface area contributed by atoms with Crippen molar-refractivity contribution in [2.75, 3.05) is 12.9 Å². The molecular formula is C49H50N14O25S2. The first-order valence-electron chi connectivity index (χ1n) is 24.0. The molecule has 0 saturated carbocycles. The smallest absolute Gasteiger partial charge is 0.505 e. The molecule has 9 aromatic rings. The number of aromatic nitrogens is 9. The number of nitro benzene ring substituents is 3.